The Hall–Kier alpha value is -2.94. The molecule has 94 valence electrons. The van der Waals surface area contributed by atoms with E-state index < -0.39 is 4.92 Å². The Bertz CT molecular complexity index is 677. The Labute approximate surface area is 109 Å². The van der Waals surface area contributed by atoms with E-state index in [0.29, 0.717) is 5.56 Å². The van der Waals surface area contributed by atoms with Crippen LogP contribution in [-0.4, -0.2) is 9.91 Å². The van der Waals surface area contributed by atoms with Crippen LogP contribution in [0.2, 0.25) is 0 Å². The minimum absolute atomic E-state index is 0.122. The van der Waals surface area contributed by atoms with Crippen molar-refractivity contribution in [2.24, 2.45) is 0 Å². The van der Waals surface area contributed by atoms with E-state index in [-0.39, 0.29) is 22.7 Å². The molecule has 6 nitrogen and oxygen atoms in total. The predicted molar refractivity (Wildman–Crippen MR) is 66.9 cm³/mol. The monoisotopic (exact) mass is 255 g/mol. The number of benzene rings is 1. The fraction of sp³-hybridized carbons (Fsp3) is 0.0769. The van der Waals surface area contributed by atoms with Gasteiger partial charge in [-0.25, -0.2) is 0 Å². The molecule has 0 radical (unpaired) electrons. The van der Waals surface area contributed by atoms with Crippen molar-refractivity contribution >= 4 is 5.69 Å². The molecule has 0 aliphatic rings. The van der Waals surface area contributed by atoms with Crippen LogP contribution < -0.4 is 4.74 Å². The topological polar surface area (TPSA) is 89.1 Å². The Kier molecular flexibility index (Phi) is 3.39. The Balaban J connectivity index is 2.50. The van der Waals surface area contributed by atoms with Crippen molar-refractivity contribution in [3.63, 3.8) is 0 Å². The average Bonchev–Trinajstić information content (AvgIpc) is 2.41. The molecule has 0 spiro atoms. The molecule has 0 saturated carbocycles. The van der Waals surface area contributed by atoms with E-state index in [1.165, 1.54) is 24.5 Å². The van der Waals surface area contributed by atoms with Gasteiger partial charge < -0.3 is 4.74 Å². The summed E-state index contributed by atoms with van der Waals surface area (Å²) in [5.74, 6) is 0.319. The zero-order valence-corrected chi connectivity index (χ0v) is 10.0. The average molecular weight is 255 g/mol. The first-order valence-corrected chi connectivity index (χ1v) is 5.39. The van der Waals surface area contributed by atoms with Gasteiger partial charge in [-0.05, 0) is 18.6 Å². The Morgan fingerprint density at radius 3 is 2.89 bits per heavy atom. The predicted octanol–water partition coefficient (Wildman–Crippen LogP) is 2.96. The zero-order chi connectivity index (χ0) is 13.8. The summed E-state index contributed by atoms with van der Waals surface area (Å²) in [4.78, 5) is 14.3. The summed E-state index contributed by atoms with van der Waals surface area (Å²) in [5.41, 5.74) is 0.738. The zero-order valence-electron chi connectivity index (χ0n) is 10.0. The number of aromatic nitrogens is 1. The number of nitro benzene ring substituents is 1. The van der Waals surface area contributed by atoms with Crippen molar-refractivity contribution in [1.82, 2.24) is 4.98 Å². The third kappa shape index (κ3) is 2.50. The Morgan fingerprint density at radius 2 is 2.21 bits per heavy atom. The van der Waals surface area contributed by atoms with Crippen LogP contribution in [-0.2, 0) is 0 Å². The van der Waals surface area contributed by atoms with Crippen LogP contribution in [0.4, 0.5) is 5.69 Å². The summed E-state index contributed by atoms with van der Waals surface area (Å²) in [7, 11) is 0. The van der Waals surface area contributed by atoms with E-state index in [4.69, 9.17) is 10.00 Å². The second-order valence-electron chi connectivity index (χ2n) is 3.77. The maximum atomic E-state index is 11.0. The maximum absolute atomic E-state index is 11.0. The van der Waals surface area contributed by atoms with Crippen LogP contribution in [0.15, 0.2) is 36.7 Å². The second-order valence-corrected chi connectivity index (χ2v) is 3.77. The smallest absolute Gasteiger partial charge is 0.311 e. The van der Waals surface area contributed by atoms with Gasteiger partial charge in [-0.3, -0.25) is 15.1 Å². The van der Waals surface area contributed by atoms with E-state index in [1.807, 2.05) is 6.07 Å². The first-order valence-electron chi connectivity index (χ1n) is 5.39. The van der Waals surface area contributed by atoms with Crippen LogP contribution >= 0.6 is 0 Å². The quantitative estimate of drug-likeness (QED) is 0.621. The van der Waals surface area contributed by atoms with Gasteiger partial charge in [0.05, 0.1) is 16.7 Å². The normalized spacial score (nSPS) is 9.68. The van der Waals surface area contributed by atoms with Crippen LogP contribution in [0.5, 0.6) is 11.5 Å². The largest absolute Gasteiger partial charge is 0.447 e. The number of aryl methyl sites for hydroxylation is 1. The van der Waals surface area contributed by atoms with Crippen LogP contribution in [0.25, 0.3) is 0 Å². The summed E-state index contributed by atoms with van der Waals surface area (Å²) in [6, 6.07) is 8.06. The number of nitro groups is 1. The molecule has 0 aliphatic heterocycles. The molecular weight excluding hydrogens is 246 g/mol. The molecule has 1 heterocycles. The van der Waals surface area contributed by atoms with Gasteiger partial charge in [-0.15, -0.1) is 0 Å². The minimum Gasteiger partial charge on any atom is -0.447 e. The third-order valence-electron chi connectivity index (χ3n) is 2.50. The number of nitriles is 1. The number of ether oxygens (including phenoxy) is 1. The third-order valence-corrected chi connectivity index (χ3v) is 2.50. The number of rotatable bonds is 3. The number of pyridine rings is 1. The Morgan fingerprint density at radius 1 is 1.42 bits per heavy atom. The lowest BCUT2D eigenvalue weighted by atomic mass is 10.2. The molecule has 2 aromatic rings. The maximum Gasteiger partial charge on any atom is 0.311 e. The van der Waals surface area contributed by atoms with Crippen molar-refractivity contribution in [3.05, 3.63) is 57.9 Å². The summed E-state index contributed by atoms with van der Waals surface area (Å²) >= 11 is 0. The molecule has 0 fully saturated rings. The molecule has 1 aromatic carbocycles. The SMILES string of the molecule is Cc1cccc([N+](=O)[O-])c1Oc1cnccc1C#N. The van der Waals surface area contributed by atoms with Crippen LogP contribution in [0.3, 0.4) is 0 Å². The highest BCUT2D eigenvalue weighted by molar-refractivity contribution is 5.54. The highest BCUT2D eigenvalue weighted by atomic mass is 16.6. The molecule has 19 heavy (non-hydrogen) atoms. The van der Waals surface area contributed by atoms with Gasteiger partial charge in [0.15, 0.2) is 5.75 Å². The van der Waals surface area contributed by atoms with E-state index >= 15 is 0 Å². The van der Waals surface area contributed by atoms with Crippen molar-refractivity contribution in [1.29, 1.82) is 5.26 Å². The first-order chi connectivity index (χ1) is 9.13. The van der Waals surface area contributed by atoms with E-state index in [2.05, 4.69) is 4.98 Å². The van der Waals surface area contributed by atoms with Gasteiger partial charge in [0.2, 0.25) is 5.75 Å². The van der Waals surface area contributed by atoms with Crippen molar-refractivity contribution in [2.75, 3.05) is 0 Å². The fourth-order valence-electron chi connectivity index (χ4n) is 1.58. The number of nitrogens with zero attached hydrogens (tertiary/aromatic N) is 3. The number of para-hydroxylation sites is 1. The number of hydrogen-bond donors (Lipinski definition) is 0. The van der Waals surface area contributed by atoms with Gasteiger partial charge in [-0.1, -0.05) is 12.1 Å². The van der Waals surface area contributed by atoms with Crippen molar-refractivity contribution in [2.45, 2.75) is 6.92 Å². The van der Waals surface area contributed by atoms with Crippen molar-refractivity contribution < 1.29 is 9.66 Å². The van der Waals surface area contributed by atoms with E-state index in [0.717, 1.165) is 0 Å². The standard InChI is InChI=1S/C13H9N3O3/c1-9-3-2-4-11(16(17)18)13(9)19-12-8-15-6-5-10(12)7-14/h2-6,8H,1H3. The van der Waals surface area contributed by atoms with E-state index in [9.17, 15) is 10.1 Å². The molecule has 0 N–H and O–H groups in total. The molecule has 0 atom stereocenters. The number of hydrogen-bond acceptors (Lipinski definition) is 5. The van der Waals surface area contributed by atoms with Gasteiger partial charge in [0.25, 0.3) is 0 Å². The lowest BCUT2D eigenvalue weighted by molar-refractivity contribution is -0.385. The van der Waals surface area contributed by atoms with Crippen molar-refractivity contribution in [3.8, 4) is 17.6 Å². The molecule has 2 rings (SSSR count). The van der Waals surface area contributed by atoms with Crippen LogP contribution in [0, 0.1) is 28.4 Å². The molecule has 0 saturated heterocycles. The summed E-state index contributed by atoms with van der Waals surface area (Å²) < 4.78 is 5.50. The summed E-state index contributed by atoms with van der Waals surface area (Å²) in [5, 5.41) is 19.9. The highest BCUT2D eigenvalue weighted by Gasteiger charge is 2.18. The molecule has 0 aliphatic carbocycles. The minimum atomic E-state index is -0.523. The molecular formula is C13H9N3O3. The first kappa shape index (κ1) is 12.5. The van der Waals surface area contributed by atoms with Gasteiger partial charge in [0, 0.05) is 12.3 Å². The van der Waals surface area contributed by atoms with Gasteiger partial charge in [0.1, 0.15) is 6.07 Å². The van der Waals surface area contributed by atoms with E-state index in [1.54, 1.807) is 19.1 Å². The van der Waals surface area contributed by atoms with Gasteiger partial charge >= 0.3 is 5.69 Å². The molecule has 0 bridgehead atoms. The highest BCUT2D eigenvalue weighted by Crippen LogP contribution is 2.35. The van der Waals surface area contributed by atoms with Gasteiger partial charge in [-0.2, -0.15) is 5.26 Å². The summed E-state index contributed by atoms with van der Waals surface area (Å²) in [6.07, 6.45) is 2.81. The molecule has 0 amide bonds. The second kappa shape index (κ2) is 5.14. The molecule has 1 aromatic heterocycles. The molecule has 6 heteroatoms. The fourth-order valence-corrected chi connectivity index (χ4v) is 1.58. The van der Waals surface area contributed by atoms with Crippen LogP contribution in [0.1, 0.15) is 11.1 Å². The lowest BCUT2D eigenvalue weighted by Gasteiger charge is -2.09. The molecule has 0 unspecified atom stereocenters. The summed E-state index contributed by atoms with van der Waals surface area (Å²) in [6.45, 7) is 1.70. The lowest BCUT2D eigenvalue weighted by Crippen LogP contribution is -1.97.